The van der Waals surface area contributed by atoms with Crippen molar-refractivity contribution in [3.63, 3.8) is 0 Å². The van der Waals surface area contributed by atoms with Crippen LogP contribution in [0.4, 0.5) is 0 Å². The molecule has 7 nitrogen and oxygen atoms in total. The van der Waals surface area contributed by atoms with Crippen molar-refractivity contribution >= 4 is 17.5 Å². The highest BCUT2D eigenvalue weighted by Crippen LogP contribution is 2.67. The van der Waals surface area contributed by atoms with Crippen molar-refractivity contribution in [1.82, 2.24) is 0 Å². The number of hydrogen-bond acceptors (Lipinski definition) is 7. The molecule has 3 fully saturated rings. The Morgan fingerprint density at radius 2 is 2.00 bits per heavy atom. The number of fused-ring (bicyclic) bond motifs is 5. The molecule has 4 aliphatic rings. The van der Waals surface area contributed by atoms with Gasteiger partial charge in [0.1, 0.15) is 13.2 Å². The predicted molar refractivity (Wildman–Crippen MR) is 115 cm³/mol. The summed E-state index contributed by atoms with van der Waals surface area (Å²) in [6, 6.07) is 0. The Morgan fingerprint density at radius 3 is 2.69 bits per heavy atom. The highest BCUT2D eigenvalue weighted by molar-refractivity contribution is 6.01. The predicted octanol–water partition coefficient (Wildman–Crippen LogP) is 2.14. The fourth-order valence-electron chi connectivity index (χ4n) is 7.53. The Morgan fingerprint density at radius 1 is 1.25 bits per heavy atom. The molecule has 0 unspecified atom stereocenters. The number of Topliss-reactive ketones (excluding diaryl/α,β-unsaturated/α-hetero) is 1. The van der Waals surface area contributed by atoms with E-state index in [0.717, 1.165) is 18.4 Å². The summed E-state index contributed by atoms with van der Waals surface area (Å²) >= 11 is 0. The molecule has 0 amide bonds. The van der Waals surface area contributed by atoms with Crippen LogP contribution in [0.3, 0.4) is 0 Å². The van der Waals surface area contributed by atoms with Gasteiger partial charge >= 0.3 is 5.97 Å². The first kappa shape index (κ1) is 23.3. The van der Waals surface area contributed by atoms with E-state index in [0.29, 0.717) is 19.4 Å². The van der Waals surface area contributed by atoms with Gasteiger partial charge in [-0.25, -0.2) is 4.79 Å². The van der Waals surface area contributed by atoms with Crippen LogP contribution in [0.15, 0.2) is 23.8 Å². The number of esters is 1. The minimum atomic E-state index is -1.47. The van der Waals surface area contributed by atoms with Crippen molar-refractivity contribution < 1.29 is 34.1 Å². The smallest absolute Gasteiger partial charge is 0.333 e. The van der Waals surface area contributed by atoms with Crippen LogP contribution in [0.25, 0.3) is 0 Å². The molecular weight excluding hydrogens is 412 g/mol. The van der Waals surface area contributed by atoms with E-state index in [1.807, 2.05) is 13.0 Å². The van der Waals surface area contributed by atoms with E-state index in [4.69, 9.17) is 9.47 Å². The fraction of sp³-hybridized carbons (Fsp3) is 0.720. The van der Waals surface area contributed by atoms with Gasteiger partial charge in [-0.05, 0) is 63.0 Å². The van der Waals surface area contributed by atoms with E-state index in [2.05, 4.69) is 6.92 Å². The van der Waals surface area contributed by atoms with Crippen LogP contribution in [0.1, 0.15) is 52.9 Å². The van der Waals surface area contributed by atoms with Gasteiger partial charge in [0, 0.05) is 23.4 Å². The van der Waals surface area contributed by atoms with Gasteiger partial charge in [-0.1, -0.05) is 25.5 Å². The molecule has 176 valence electrons. The minimum Gasteiger partial charge on any atom is -0.449 e. The number of ether oxygens (including phenoxy) is 2. The highest BCUT2D eigenvalue weighted by atomic mass is 16.6. The largest absolute Gasteiger partial charge is 0.449 e. The number of carbonyl (C=O) groups excluding carboxylic acids is 3. The molecular formula is C25H34O7. The number of allylic oxidation sites excluding steroid dienone is 4. The number of aliphatic hydroxyl groups is 2. The van der Waals surface area contributed by atoms with Crippen molar-refractivity contribution in [2.45, 2.75) is 64.6 Å². The lowest BCUT2D eigenvalue weighted by Crippen LogP contribution is -2.63. The molecule has 0 aromatic heterocycles. The van der Waals surface area contributed by atoms with Gasteiger partial charge in [0.05, 0.1) is 6.10 Å². The maximum absolute atomic E-state index is 13.1. The van der Waals surface area contributed by atoms with Crippen LogP contribution in [-0.4, -0.2) is 59.3 Å². The van der Waals surface area contributed by atoms with Crippen molar-refractivity contribution in [1.29, 1.82) is 0 Å². The Bertz CT molecular complexity index is 876. The molecule has 2 N–H and O–H groups in total. The minimum absolute atomic E-state index is 0.0132. The normalized spacial score (nSPS) is 42.5. The fourth-order valence-corrected chi connectivity index (χ4v) is 7.53. The lowest BCUT2D eigenvalue weighted by atomic mass is 9.46. The number of hydrogen-bond donors (Lipinski definition) is 2. The van der Waals surface area contributed by atoms with Crippen LogP contribution < -0.4 is 0 Å². The average molecular weight is 447 g/mol. The molecule has 0 heterocycles. The maximum atomic E-state index is 13.1. The van der Waals surface area contributed by atoms with E-state index in [1.165, 1.54) is 0 Å². The molecule has 32 heavy (non-hydrogen) atoms. The lowest BCUT2D eigenvalue weighted by molar-refractivity contribution is -0.202. The van der Waals surface area contributed by atoms with Crippen molar-refractivity contribution in [3.8, 4) is 0 Å². The zero-order valence-electron chi connectivity index (χ0n) is 19.1. The summed E-state index contributed by atoms with van der Waals surface area (Å²) in [5.41, 5.74) is -1.61. The summed E-state index contributed by atoms with van der Waals surface area (Å²) in [7, 11) is 0. The van der Waals surface area contributed by atoms with Gasteiger partial charge in [-0.2, -0.15) is 0 Å². The third-order valence-corrected chi connectivity index (χ3v) is 8.92. The Hall–Kier alpha value is -1.83. The molecule has 0 aromatic rings. The summed E-state index contributed by atoms with van der Waals surface area (Å²) in [5.74, 6) is -1.06. The van der Waals surface area contributed by atoms with Crippen LogP contribution in [0.2, 0.25) is 0 Å². The second kappa shape index (κ2) is 8.19. The van der Waals surface area contributed by atoms with Gasteiger partial charge in [0.15, 0.2) is 11.4 Å². The van der Waals surface area contributed by atoms with Crippen molar-refractivity contribution in [2.24, 2.45) is 28.6 Å². The second-order valence-corrected chi connectivity index (χ2v) is 10.3. The second-order valence-electron chi connectivity index (χ2n) is 10.3. The van der Waals surface area contributed by atoms with Crippen molar-refractivity contribution in [3.05, 3.63) is 23.8 Å². The molecule has 0 radical (unpaired) electrons. The third kappa shape index (κ3) is 3.24. The number of carbonyl (C=O) groups is 3. The zero-order valence-corrected chi connectivity index (χ0v) is 19.1. The first-order valence-electron chi connectivity index (χ1n) is 11.7. The molecule has 7 atom stereocenters. The van der Waals surface area contributed by atoms with E-state index >= 15 is 0 Å². The first-order valence-corrected chi connectivity index (χ1v) is 11.7. The Labute approximate surface area is 188 Å². The van der Waals surface area contributed by atoms with Crippen LogP contribution in [0.5, 0.6) is 0 Å². The Kier molecular flexibility index (Phi) is 5.97. The van der Waals surface area contributed by atoms with E-state index < -0.39 is 40.9 Å². The molecule has 0 spiro atoms. The number of rotatable bonds is 6. The van der Waals surface area contributed by atoms with E-state index in [-0.39, 0.29) is 36.6 Å². The molecule has 4 aliphatic carbocycles. The number of aliphatic hydroxyl groups excluding tert-OH is 2. The standard InChI is InChI=1S/C25H34O7/c1-4-31-14-21(30)32-25(20(29)13-26)10-8-18-17-6-5-15-11-16(27)7-9-23(15,2)22(17)19(28)12-24(18,25)3/h7,9,11,17-19,22,26,28H,4-6,8,10,12-14H2,1-3H3/t17-,18-,19-,22+,23-,24-,25-/m0/s1. The van der Waals surface area contributed by atoms with Gasteiger partial charge in [0.2, 0.25) is 5.78 Å². The number of ketones is 2. The summed E-state index contributed by atoms with van der Waals surface area (Å²) in [5, 5.41) is 21.3. The quantitative estimate of drug-likeness (QED) is 0.602. The zero-order chi connectivity index (χ0) is 23.3. The molecule has 0 saturated heterocycles. The topological polar surface area (TPSA) is 110 Å². The monoisotopic (exact) mass is 446 g/mol. The highest BCUT2D eigenvalue weighted by Gasteiger charge is 2.70. The van der Waals surface area contributed by atoms with Gasteiger partial charge in [-0.3, -0.25) is 9.59 Å². The van der Waals surface area contributed by atoms with Gasteiger partial charge < -0.3 is 19.7 Å². The summed E-state index contributed by atoms with van der Waals surface area (Å²) < 4.78 is 11.0. The van der Waals surface area contributed by atoms with E-state index in [9.17, 15) is 24.6 Å². The maximum Gasteiger partial charge on any atom is 0.333 e. The lowest BCUT2D eigenvalue weighted by Gasteiger charge is -2.59. The molecule has 4 rings (SSSR count). The summed E-state index contributed by atoms with van der Waals surface area (Å²) in [6.07, 6.45) is 7.37. The van der Waals surface area contributed by atoms with Crippen molar-refractivity contribution in [2.75, 3.05) is 19.8 Å². The van der Waals surface area contributed by atoms with Crippen LogP contribution in [-0.2, 0) is 23.9 Å². The van der Waals surface area contributed by atoms with E-state index in [1.54, 1.807) is 19.1 Å². The molecule has 7 heteroatoms. The molecule has 0 bridgehead atoms. The molecule has 0 aliphatic heterocycles. The van der Waals surface area contributed by atoms with Gasteiger partial charge in [-0.15, -0.1) is 0 Å². The molecule has 0 aromatic carbocycles. The average Bonchev–Trinajstić information content (AvgIpc) is 3.04. The van der Waals surface area contributed by atoms with Crippen LogP contribution in [0, 0.1) is 28.6 Å². The molecule has 3 saturated carbocycles. The summed E-state index contributed by atoms with van der Waals surface area (Å²) in [4.78, 5) is 37.6. The Balaban J connectivity index is 1.70. The third-order valence-electron chi connectivity index (χ3n) is 8.92. The first-order chi connectivity index (χ1) is 15.1. The van der Waals surface area contributed by atoms with Gasteiger partial charge in [0.25, 0.3) is 0 Å². The summed E-state index contributed by atoms with van der Waals surface area (Å²) in [6.45, 7) is 5.17. The van der Waals surface area contributed by atoms with Crippen LogP contribution >= 0.6 is 0 Å². The SMILES string of the molecule is CCOCC(=O)O[C@]1(C(=O)CO)CC[C@H]2[C@@H]3CCC4=CC(=O)C=C[C@]4(C)[C@H]3[C@@H](O)C[C@@]21C.